The molecule has 118 valence electrons. The summed E-state index contributed by atoms with van der Waals surface area (Å²) in [7, 11) is 0. The number of piperidine rings is 1. The van der Waals surface area contributed by atoms with Crippen molar-refractivity contribution >= 4 is 28.7 Å². The van der Waals surface area contributed by atoms with Crippen LogP contribution in [0, 0.1) is 5.82 Å². The molecule has 4 rings (SSSR count). The van der Waals surface area contributed by atoms with Gasteiger partial charge in [0.05, 0.1) is 6.54 Å². The first-order valence-corrected chi connectivity index (χ1v) is 7.37. The number of aromatic nitrogens is 2. The first-order valence-electron chi connectivity index (χ1n) is 7.37. The number of carbonyl (C=O) groups is 2. The lowest BCUT2D eigenvalue weighted by Gasteiger charge is -2.38. The number of nitrogens with zero attached hydrogens (tertiary/aromatic N) is 3. The maximum Gasteiger partial charge on any atom is 0.322 e. The number of urea groups is 1. The second kappa shape index (κ2) is 4.87. The zero-order valence-electron chi connectivity index (χ0n) is 12.2. The van der Waals surface area contributed by atoms with Crippen LogP contribution in [0.15, 0.2) is 24.5 Å². The van der Waals surface area contributed by atoms with Gasteiger partial charge in [0.15, 0.2) is 0 Å². The van der Waals surface area contributed by atoms with E-state index in [-0.39, 0.29) is 11.4 Å². The average molecular weight is 315 g/mol. The van der Waals surface area contributed by atoms with Gasteiger partial charge >= 0.3 is 6.03 Å². The fourth-order valence-corrected chi connectivity index (χ4v) is 3.34. The highest BCUT2D eigenvalue weighted by Gasteiger charge is 2.49. The number of nitrogens with one attached hydrogen (secondary N) is 2. The summed E-state index contributed by atoms with van der Waals surface area (Å²) in [6, 6.07) is 4.23. The summed E-state index contributed by atoms with van der Waals surface area (Å²) < 4.78 is 13.9. The standard InChI is InChI=1S/C15H14FN5O2/c16-10-4-1-3-9-11(10)17-8-18-12(9)21-6-2-5-15(7-21)13(22)19-14(23)20-15/h1,3-4,8H,2,5-7H2,(H2,19,20,22,23). The monoisotopic (exact) mass is 315 g/mol. The van der Waals surface area contributed by atoms with E-state index >= 15 is 0 Å². The number of benzene rings is 1. The lowest BCUT2D eigenvalue weighted by atomic mass is 9.89. The van der Waals surface area contributed by atoms with Crippen molar-refractivity contribution in [3.8, 4) is 0 Å². The molecular weight excluding hydrogens is 301 g/mol. The van der Waals surface area contributed by atoms with Crippen molar-refractivity contribution < 1.29 is 14.0 Å². The van der Waals surface area contributed by atoms with Crippen LogP contribution in [0.5, 0.6) is 0 Å². The van der Waals surface area contributed by atoms with E-state index in [1.807, 2.05) is 4.90 Å². The summed E-state index contributed by atoms with van der Waals surface area (Å²) in [6.07, 6.45) is 2.60. The molecule has 1 spiro atoms. The van der Waals surface area contributed by atoms with Crippen LogP contribution in [0.2, 0.25) is 0 Å². The molecule has 0 saturated carbocycles. The Bertz CT molecular complexity index is 827. The van der Waals surface area contributed by atoms with Crippen molar-refractivity contribution in [2.24, 2.45) is 0 Å². The molecular formula is C15H14FN5O2. The van der Waals surface area contributed by atoms with Crippen LogP contribution in [-0.4, -0.2) is 40.5 Å². The third-order valence-corrected chi connectivity index (χ3v) is 4.40. The van der Waals surface area contributed by atoms with Crippen LogP contribution in [0.25, 0.3) is 10.9 Å². The number of carbonyl (C=O) groups excluding carboxylic acids is 2. The number of anilines is 1. The van der Waals surface area contributed by atoms with Crippen LogP contribution in [-0.2, 0) is 4.79 Å². The third kappa shape index (κ3) is 2.09. The number of hydrogen-bond acceptors (Lipinski definition) is 5. The second-order valence-corrected chi connectivity index (χ2v) is 5.85. The summed E-state index contributed by atoms with van der Waals surface area (Å²) >= 11 is 0. The maximum atomic E-state index is 13.9. The van der Waals surface area contributed by atoms with E-state index in [0.717, 1.165) is 0 Å². The smallest absolute Gasteiger partial charge is 0.322 e. The highest BCUT2D eigenvalue weighted by atomic mass is 19.1. The molecule has 23 heavy (non-hydrogen) atoms. The Balaban J connectivity index is 1.75. The normalized spacial score (nSPS) is 24.1. The summed E-state index contributed by atoms with van der Waals surface area (Å²) in [6.45, 7) is 0.973. The highest BCUT2D eigenvalue weighted by molar-refractivity contribution is 6.07. The summed E-state index contributed by atoms with van der Waals surface area (Å²) in [4.78, 5) is 33.8. The molecule has 2 fully saturated rings. The predicted molar refractivity (Wildman–Crippen MR) is 80.3 cm³/mol. The van der Waals surface area contributed by atoms with Crippen LogP contribution < -0.4 is 15.5 Å². The van der Waals surface area contributed by atoms with E-state index in [4.69, 9.17) is 0 Å². The summed E-state index contributed by atoms with van der Waals surface area (Å²) in [5.41, 5.74) is -0.697. The van der Waals surface area contributed by atoms with Crippen molar-refractivity contribution in [1.29, 1.82) is 0 Å². The molecule has 1 atom stereocenters. The summed E-state index contributed by atoms with van der Waals surface area (Å²) in [5, 5.41) is 5.60. The van der Waals surface area contributed by atoms with Crippen LogP contribution in [0.3, 0.4) is 0 Å². The Labute approximate surface area is 130 Å². The molecule has 0 radical (unpaired) electrons. The molecule has 2 saturated heterocycles. The number of fused-ring (bicyclic) bond motifs is 1. The van der Waals surface area contributed by atoms with Gasteiger partial charge in [-0.2, -0.15) is 0 Å². The van der Waals surface area contributed by atoms with Crippen molar-refractivity contribution in [3.63, 3.8) is 0 Å². The van der Waals surface area contributed by atoms with Gasteiger partial charge in [-0.15, -0.1) is 0 Å². The molecule has 1 unspecified atom stereocenters. The van der Waals surface area contributed by atoms with Crippen LogP contribution in [0.1, 0.15) is 12.8 Å². The SMILES string of the molecule is O=C1NC(=O)C2(CCCN(c3ncnc4c(F)cccc34)C2)N1. The van der Waals surface area contributed by atoms with Crippen molar-refractivity contribution in [1.82, 2.24) is 20.6 Å². The van der Waals surface area contributed by atoms with Gasteiger partial charge in [-0.3, -0.25) is 10.1 Å². The van der Waals surface area contributed by atoms with E-state index < -0.39 is 17.4 Å². The lowest BCUT2D eigenvalue weighted by Crippen LogP contribution is -2.58. The topological polar surface area (TPSA) is 87.2 Å². The maximum absolute atomic E-state index is 13.9. The minimum Gasteiger partial charge on any atom is -0.353 e. The predicted octanol–water partition coefficient (Wildman–Crippen LogP) is 0.947. The summed E-state index contributed by atoms with van der Waals surface area (Å²) in [5.74, 6) is -0.163. The van der Waals surface area contributed by atoms with Crippen molar-refractivity contribution in [3.05, 3.63) is 30.3 Å². The first kappa shape index (κ1) is 13.9. The Morgan fingerprint density at radius 1 is 1.26 bits per heavy atom. The Morgan fingerprint density at radius 2 is 2.13 bits per heavy atom. The van der Waals surface area contributed by atoms with Gasteiger partial charge in [-0.1, -0.05) is 6.07 Å². The quantitative estimate of drug-likeness (QED) is 0.765. The number of para-hydroxylation sites is 1. The minimum atomic E-state index is -0.945. The van der Waals surface area contributed by atoms with Gasteiger partial charge in [0.25, 0.3) is 5.91 Å². The molecule has 2 aliphatic heterocycles. The van der Waals surface area contributed by atoms with Crippen molar-refractivity contribution in [2.45, 2.75) is 18.4 Å². The van der Waals surface area contributed by atoms with E-state index in [1.165, 1.54) is 12.4 Å². The van der Waals surface area contributed by atoms with Gasteiger partial charge in [0.2, 0.25) is 0 Å². The Kier molecular flexibility index (Phi) is 2.93. The van der Waals surface area contributed by atoms with Gasteiger partial charge < -0.3 is 10.2 Å². The largest absolute Gasteiger partial charge is 0.353 e. The molecule has 2 aliphatic rings. The van der Waals surface area contributed by atoms with Crippen LogP contribution in [0.4, 0.5) is 15.0 Å². The zero-order valence-corrected chi connectivity index (χ0v) is 12.2. The molecule has 2 aromatic rings. The van der Waals surface area contributed by atoms with Crippen LogP contribution >= 0.6 is 0 Å². The van der Waals surface area contributed by atoms with Gasteiger partial charge in [-0.25, -0.2) is 19.2 Å². The number of rotatable bonds is 1. The van der Waals surface area contributed by atoms with E-state index in [1.54, 1.807) is 12.1 Å². The molecule has 1 aromatic carbocycles. The zero-order chi connectivity index (χ0) is 16.0. The van der Waals surface area contributed by atoms with Gasteiger partial charge in [0, 0.05) is 11.9 Å². The Morgan fingerprint density at radius 3 is 2.91 bits per heavy atom. The molecule has 1 aromatic heterocycles. The fourth-order valence-electron chi connectivity index (χ4n) is 3.34. The Hall–Kier alpha value is -2.77. The number of amides is 3. The highest BCUT2D eigenvalue weighted by Crippen LogP contribution is 2.31. The lowest BCUT2D eigenvalue weighted by molar-refractivity contribution is -0.124. The van der Waals surface area contributed by atoms with E-state index in [9.17, 15) is 14.0 Å². The molecule has 0 bridgehead atoms. The minimum absolute atomic E-state index is 0.247. The fraction of sp³-hybridized carbons (Fsp3) is 0.333. The molecule has 3 heterocycles. The van der Waals surface area contributed by atoms with E-state index in [0.29, 0.717) is 37.1 Å². The molecule has 2 N–H and O–H groups in total. The second-order valence-electron chi connectivity index (χ2n) is 5.85. The number of halogens is 1. The van der Waals surface area contributed by atoms with Gasteiger partial charge in [0.1, 0.15) is 29.0 Å². The first-order chi connectivity index (χ1) is 11.1. The van der Waals surface area contributed by atoms with Crippen molar-refractivity contribution in [2.75, 3.05) is 18.0 Å². The van der Waals surface area contributed by atoms with Gasteiger partial charge in [-0.05, 0) is 25.0 Å². The molecule has 7 nitrogen and oxygen atoms in total. The molecule has 0 aliphatic carbocycles. The van der Waals surface area contributed by atoms with E-state index in [2.05, 4.69) is 20.6 Å². The number of imide groups is 1. The number of hydrogen-bond donors (Lipinski definition) is 2. The third-order valence-electron chi connectivity index (χ3n) is 4.40. The average Bonchev–Trinajstić information content (AvgIpc) is 2.80. The molecule has 3 amide bonds. The molecule has 8 heteroatoms.